The number of carbonyl (C=O) groups excluding carboxylic acids is 1. The van der Waals surface area contributed by atoms with Crippen LogP contribution >= 0.6 is 0 Å². The number of ether oxygens (including phenoxy) is 1. The Bertz CT molecular complexity index is 1400. The third-order valence-electron chi connectivity index (χ3n) is 6.05. The molecular formula is C26H28N4O4. The number of para-hydroxylation sites is 1. The topological polar surface area (TPSA) is 99.2 Å². The number of amides is 1. The van der Waals surface area contributed by atoms with Crippen molar-refractivity contribution in [2.24, 2.45) is 0 Å². The van der Waals surface area contributed by atoms with E-state index in [9.17, 15) is 9.59 Å². The zero-order chi connectivity index (χ0) is 24.4. The van der Waals surface area contributed by atoms with Crippen molar-refractivity contribution in [1.29, 1.82) is 0 Å². The molecule has 0 aliphatic heterocycles. The number of methoxy groups -OCH3 is 1. The molecule has 0 bridgehead atoms. The van der Waals surface area contributed by atoms with Gasteiger partial charge in [-0.15, -0.1) is 0 Å². The highest BCUT2D eigenvalue weighted by Gasteiger charge is 2.27. The molecule has 0 unspecified atom stereocenters. The quantitative estimate of drug-likeness (QED) is 0.424. The second kappa shape index (κ2) is 9.51. The summed E-state index contributed by atoms with van der Waals surface area (Å²) in [6, 6.07) is 12.4. The van der Waals surface area contributed by atoms with Gasteiger partial charge >= 0.3 is 0 Å². The first-order valence-corrected chi connectivity index (χ1v) is 11.3. The Balaban J connectivity index is 1.83. The molecule has 0 saturated carbocycles. The fourth-order valence-corrected chi connectivity index (χ4v) is 4.15. The second-order valence-electron chi connectivity index (χ2n) is 8.17. The van der Waals surface area contributed by atoms with Gasteiger partial charge in [-0.2, -0.15) is 5.10 Å². The van der Waals surface area contributed by atoms with Crippen molar-refractivity contribution in [3.63, 3.8) is 0 Å². The summed E-state index contributed by atoms with van der Waals surface area (Å²) in [4.78, 5) is 26.8. The molecule has 8 nitrogen and oxygen atoms in total. The Hall–Kier alpha value is -3.94. The van der Waals surface area contributed by atoms with Crippen molar-refractivity contribution in [3.8, 4) is 17.0 Å². The molecule has 34 heavy (non-hydrogen) atoms. The first-order chi connectivity index (χ1) is 16.4. The van der Waals surface area contributed by atoms with Gasteiger partial charge in [-0.3, -0.25) is 9.59 Å². The third-order valence-corrected chi connectivity index (χ3v) is 6.05. The maximum absolute atomic E-state index is 13.4. The number of carbonyl (C=O) groups is 1. The van der Waals surface area contributed by atoms with Crippen LogP contribution in [0.3, 0.4) is 0 Å². The molecule has 1 N–H and O–H groups in total. The summed E-state index contributed by atoms with van der Waals surface area (Å²) in [5.41, 5.74) is 3.73. The van der Waals surface area contributed by atoms with Gasteiger partial charge in [0.15, 0.2) is 5.52 Å². The highest BCUT2D eigenvalue weighted by Crippen LogP contribution is 2.30. The molecular weight excluding hydrogens is 432 g/mol. The molecule has 4 rings (SSSR count). The molecule has 0 aliphatic carbocycles. The number of nitrogens with zero attached hydrogens (tertiary/aromatic N) is 3. The zero-order valence-electron chi connectivity index (χ0n) is 20.0. The number of fused-ring (bicyclic) bond motifs is 1. The van der Waals surface area contributed by atoms with Gasteiger partial charge < -0.3 is 14.6 Å². The number of aryl methyl sites for hydroxylation is 3. The van der Waals surface area contributed by atoms with Crippen LogP contribution in [0, 0.1) is 13.8 Å². The summed E-state index contributed by atoms with van der Waals surface area (Å²) in [6.07, 6.45) is 1.15. The van der Waals surface area contributed by atoms with Crippen molar-refractivity contribution in [1.82, 2.24) is 14.9 Å². The number of rotatable bonds is 7. The molecule has 2 heterocycles. The minimum Gasteiger partial charge on any atom is -0.497 e. The summed E-state index contributed by atoms with van der Waals surface area (Å²) in [6.45, 7) is 7.58. The number of anilines is 1. The Kier molecular flexibility index (Phi) is 6.49. The Morgan fingerprint density at radius 2 is 1.88 bits per heavy atom. The SMILES string of the molecule is CCc1cccc(C)c1NC(=O)[C@H](CC)n1nc(-c2ccc(OC)cc2)c2c(C)onc2c1=O. The van der Waals surface area contributed by atoms with Gasteiger partial charge in [-0.05, 0) is 62.1 Å². The number of hydrogen-bond acceptors (Lipinski definition) is 6. The normalized spacial score (nSPS) is 12.0. The van der Waals surface area contributed by atoms with Crippen LogP contribution in [0.2, 0.25) is 0 Å². The molecule has 2 aromatic carbocycles. The fraction of sp³-hybridized carbons (Fsp3) is 0.308. The highest BCUT2D eigenvalue weighted by molar-refractivity contribution is 5.96. The van der Waals surface area contributed by atoms with Crippen LogP contribution in [-0.2, 0) is 11.2 Å². The lowest BCUT2D eigenvalue weighted by Crippen LogP contribution is -2.35. The van der Waals surface area contributed by atoms with Crippen molar-refractivity contribution < 1.29 is 14.1 Å². The van der Waals surface area contributed by atoms with E-state index >= 15 is 0 Å². The molecule has 1 amide bonds. The Labute approximate surface area is 197 Å². The van der Waals surface area contributed by atoms with Crippen LogP contribution in [-0.4, -0.2) is 28.0 Å². The highest BCUT2D eigenvalue weighted by atomic mass is 16.5. The molecule has 176 valence electrons. The monoisotopic (exact) mass is 460 g/mol. The lowest BCUT2D eigenvalue weighted by Gasteiger charge is -2.20. The molecule has 1 atom stereocenters. The van der Waals surface area contributed by atoms with Crippen LogP contribution in [0.1, 0.15) is 43.2 Å². The predicted molar refractivity (Wildman–Crippen MR) is 131 cm³/mol. The average molecular weight is 461 g/mol. The van der Waals surface area contributed by atoms with Gasteiger partial charge in [0.25, 0.3) is 5.56 Å². The largest absolute Gasteiger partial charge is 0.497 e. The van der Waals surface area contributed by atoms with Crippen molar-refractivity contribution in [2.75, 3.05) is 12.4 Å². The van der Waals surface area contributed by atoms with E-state index in [1.54, 1.807) is 14.0 Å². The zero-order valence-corrected chi connectivity index (χ0v) is 20.0. The molecule has 8 heteroatoms. The van der Waals surface area contributed by atoms with E-state index in [1.165, 1.54) is 4.68 Å². The van der Waals surface area contributed by atoms with Crippen LogP contribution in [0.25, 0.3) is 22.2 Å². The molecule has 4 aromatic rings. The number of nitrogens with one attached hydrogen (secondary N) is 1. The van der Waals surface area contributed by atoms with E-state index in [1.807, 2.05) is 63.2 Å². The summed E-state index contributed by atoms with van der Waals surface area (Å²) in [5, 5.41) is 12.2. The van der Waals surface area contributed by atoms with Gasteiger partial charge in [0.2, 0.25) is 5.91 Å². The minimum atomic E-state index is -0.824. The van der Waals surface area contributed by atoms with Gasteiger partial charge in [0, 0.05) is 11.3 Å². The predicted octanol–water partition coefficient (Wildman–Crippen LogP) is 4.83. The summed E-state index contributed by atoms with van der Waals surface area (Å²) < 4.78 is 11.8. The smallest absolute Gasteiger partial charge is 0.297 e. The van der Waals surface area contributed by atoms with Crippen LogP contribution in [0.5, 0.6) is 5.75 Å². The van der Waals surface area contributed by atoms with Crippen molar-refractivity contribution >= 4 is 22.5 Å². The maximum Gasteiger partial charge on any atom is 0.297 e. The number of hydrogen-bond donors (Lipinski definition) is 1. The minimum absolute atomic E-state index is 0.148. The van der Waals surface area contributed by atoms with E-state index in [0.29, 0.717) is 29.0 Å². The fourth-order valence-electron chi connectivity index (χ4n) is 4.15. The Morgan fingerprint density at radius 1 is 1.15 bits per heavy atom. The van der Waals surface area contributed by atoms with Gasteiger partial charge in [0.1, 0.15) is 23.2 Å². The molecule has 2 aromatic heterocycles. The first kappa shape index (κ1) is 23.2. The first-order valence-electron chi connectivity index (χ1n) is 11.3. The lowest BCUT2D eigenvalue weighted by molar-refractivity contribution is -0.119. The van der Waals surface area contributed by atoms with Gasteiger partial charge in [-0.25, -0.2) is 4.68 Å². The summed E-state index contributed by atoms with van der Waals surface area (Å²) in [7, 11) is 1.60. The molecule has 0 saturated heterocycles. The lowest BCUT2D eigenvalue weighted by atomic mass is 10.0. The second-order valence-corrected chi connectivity index (χ2v) is 8.17. The molecule has 0 radical (unpaired) electrons. The van der Waals surface area contributed by atoms with E-state index in [4.69, 9.17) is 9.26 Å². The van der Waals surface area contributed by atoms with Crippen LogP contribution < -0.4 is 15.6 Å². The molecule has 0 spiro atoms. The van der Waals surface area contributed by atoms with E-state index in [2.05, 4.69) is 15.6 Å². The average Bonchev–Trinajstić information content (AvgIpc) is 3.24. The van der Waals surface area contributed by atoms with Gasteiger partial charge in [0.05, 0.1) is 12.5 Å². The molecule has 0 aliphatic rings. The number of aromatic nitrogens is 3. The standard InChI is InChI=1S/C26H28N4O4/c1-6-17-10-8-9-15(3)22(17)27-25(31)20(7-2)30-26(32)24-21(16(4)34-29-24)23(28-30)18-11-13-19(33-5)14-12-18/h8-14,20H,6-7H2,1-5H3,(H,27,31)/t20-/m0/s1. The van der Waals surface area contributed by atoms with Crippen LogP contribution in [0.15, 0.2) is 51.8 Å². The van der Waals surface area contributed by atoms with E-state index < -0.39 is 11.6 Å². The van der Waals surface area contributed by atoms with E-state index in [-0.39, 0.29) is 11.4 Å². The molecule has 0 fully saturated rings. The maximum atomic E-state index is 13.4. The van der Waals surface area contributed by atoms with E-state index in [0.717, 1.165) is 28.8 Å². The summed E-state index contributed by atoms with van der Waals surface area (Å²) in [5.74, 6) is 0.884. The Morgan fingerprint density at radius 3 is 2.53 bits per heavy atom. The van der Waals surface area contributed by atoms with Crippen molar-refractivity contribution in [3.05, 3.63) is 69.7 Å². The summed E-state index contributed by atoms with van der Waals surface area (Å²) >= 11 is 0. The van der Waals surface area contributed by atoms with Crippen LogP contribution in [0.4, 0.5) is 5.69 Å². The van der Waals surface area contributed by atoms with Crippen molar-refractivity contribution in [2.45, 2.75) is 46.6 Å². The van der Waals surface area contributed by atoms with Gasteiger partial charge in [-0.1, -0.05) is 37.2 Å². The third kappa shape index (κ3) is 4.07. The number of benzene rings is 2.